The largest absolute Gasteiger partial charge is 0.336 e. The molecule has 10 heteroatoms. The molecule has 1 saturated carbocycles. The Morgan fingerprint density at radius 1 is 1.05 bits per heavy atom. The van der Waals surface area contributed by atoms with Gasteiger partial charge in [0.2, 0.25) is 0 Å². The smallest absolute Gasteiger partial charge is 0.330 e. The maximum atomic E-state index is 14.8. The van der Waals surface area contributed by atoms with E-state index in [-0.39, 0.29) is 23.7 Å². The first-order valence-electron chi connectivity index (χ1n) is 14.0. The van der Waals surface area contributed by atoms with E-state index in [2.05, 4.69) is 9.97 Å². The Hall–Kier alpha value is -4.83. The molecular formula is C32H31FN6O3. The lowest BCUT2D eigenvalue weighted by molar-refractivity contribution is 0.0993. The van der Waals surface area contributed by atoms with Crippen molar-refractivity contribution in [3.8, 4) is 0 Å². The van der Waals surface area contributed by atoms with Crippen LogP contribution in [0.25, 0.3) is 11.2 Å². The summed E-state index contributed by atoms with van der Waals surface area (Å²) in [7, 11) is 1.70. The van der Waals surface area contributed by atoms with E-state index in [1.165, 1.54) is 10.6 Å². The van der Waals surface area contributed by atoms with E-state index in [9.17, 15) is 18.8 Å². The predicted octanol–water partition coefficient (Wildman–Crippen LogP) is 4.07. The topological polar surface area (TPSA) is 130 Å². The van der Waals surface area contributed by atoms with Gasteiger partial charge in [0.05, 0.1) is 0 Å². The third kappa shape index (κ3) is 5.40. The number of amides is 1. The Morgan fingerprint density at radius 3 is 2.43 bits per heavy atom. The van der Waals surface area contributed by atoms with Crippen LogP contribution in [0.1, 0.15) is 51.6 Å². The van der Waals surface area contributed by atoms with Gasteiger partial charge in [-0.15, -0.1) is 0 Å². The summed E-state index contributed by atoms with van der Waals surface area (Å²) >= 11 is 0. The number of aromatic amines is 2. The highest BCUT2D eigenvalue weighted by Gasteiger charge is 2.27. The fourth-order valence-electron chi connectivity index (χ4n) is 5.23. The summed E-state index contributed by atoms with van der Waals surface area (Å²) in [5, 5.41) is 0. The zero-order valence-electron chi connectivity index (χ0n) is 23.1. The standard InChI is InChI=1S/C32H31FN6O3/c1-38(31(41)22-10-8-19(17-34)9-11-22)24-14-12-21(13-15-24)25(16-23-4-2-3-5-26(23)33)28-35-27-29(36-28)39(18-20-6-7-20)32(42)37-30(27)40/h2-5,8-15,20,25H,6-7,16-18,34H2,1H3,(H,35,36)(H,37,40,42). The molecule has 0 radical (unpaired) electrons. The Morgan fingerprint density at radius 2 is 1.76 bits per heavy atom. The van der Waals surface area contributed by atoms with E-state index < -0.39 is 17.2 Å². The minimum absolute atomic E-state index is 0.167. The average Bonchev–Trinajstić information content (AvgIpc) is 3.73. The predicted molar refractivity (Wildman–Crippen MR) is 159 cm³/mol. The van der Waals surface area contributed by atoms with Gasteiger partial charge in [-0.1, -0.05) is 42.5 Å². The van der Waals surface area contributed by atoms with Crippen LogP contribution in [0, 0.1) is 11.7 Å². The first-order valence-corrected chi connectivity index (χ1v) is 14.0. The summed E-state index contributed by atoms with van der Waals surface area (Å²) < 4.78 is 16.3. The van der Waals surface area contributed by atoms with Crippen molar-refractivity contribution in [3.05, 3.63) is 128 Å². The number of carbonyl (C=O) groups excluding carboxylic acids is 1. The highest BCUT2D eigenvalue weighted by Crippen LogP contribution is 2.32. The molecule has 0 bridgehead atoms. The summed E-state index contributed by atoms with van der Waals surface area (Å²) in [5.41, 5.74) is 8.61. The number of nitrogens with one attached hydrogen (secondary N) is 2. The van der Waals surface area contributed by atoms with Crippen LogP contribution in [0.15, 0.2) is 82.4 Å². The van der Waals surface area contributed by atoms with Crippen molar-refractivity contribution < 1.29 is 9.18 Å². The quantitative estimate of drug-likeness (QED) is 0.248. The monoisotopic (exact) mass is 566 g/mol. The van der Waals surface area contributed by atoms with E-state index in [1.54, 1.807) is 42.3 Å². The molecule has 9 nitrogen and oxygen atoms in total. The lowest BCUT2D eigenvalue weighted by atomic mass is 9.91. The molecule has 1 unspecified atom stereocenters. The van der Waals surface area contributed by atoms with Gasteiger partial charge >= 0.3 is 5.69 Å². The normalized spacial score (nSPS) is 13.8. The van der Waals surface area contributed by atoms with E-state index in [1.807, 2.05) is 36.4 Å². The molecule has 1 fully saturated rings. The summed E-state index contributed by atoms with van der Waals surface area (Å²) in [6, 6.07) is 21.1. The first kappa shape index (κ1) is 27.3. The number of nitrogens with two attached hydrogens (primary N) is 1. The fourth-order valence-corrected chi connectivity index (χ4v) is 5.23. The number of aromatic nitrogens is 4. The van der Waals surface area contributed by atoms with Crippen molar-refractivity contribution in [2.24, 2.45) is 11.7 Å². The zero-order chi connectivity index (χ0) is 29.4. The zero-order valence-corrected chi connectivity index (χ0v) is 23.1. The molecule has 1 aliphatic carbocycles. The van der Waals surface area contributed by atoms with Crippen LogP contribution in [0.5, 0.6) is 0 Å². The van der Waals surface area contributed by atoms with Crippen LogP contribution in [0.3, 0.4) is 0 Å². The van der Waals surface area contributed by atoms with Gasteiger partial charge in [-0.3, -0.25) is 19.1 Å². The number of carbonyl (C=O) groups is 1. The van der Waals surface area contributed by atoms with Crippen molar-refractivity contribution in [2.75, 3.05) is 11.9 Å². The van der Waals surface area contributed by atoms with Gasteiger partial charge in [-0.25, -0.2) is 14.2 Å². The van der Waals surface area contributed by atoms with Crippen LogP contribution < -0.4 is 21.9 Å². The summed E-state index contributed by atoms with van der Waals surface area (Å²) in [4.78, 5) is 50.3. The van der Waals surface area contributed by atoms with Crippen LogP contribution in [-0.4, -0.2) is 32.5 Å². The number of hydrogen-bond donors (Lipinski definition) is 3. The Kier molecular flexibility index (Phi) is 7.30. The molecule has 1 aliphatic rings. The highest BCUT2D eigenvalue weighted by molar-refractivity contribution is 6.05. The molecule has 5 aromatic rings. The molecule has 214 valence electrons. The van der Waals surface area contributed by atoms with Crippen molar-refractivity contribution in [2.45, 2.75) is 38.3 Å². The molecule has 1 atom stereocenters. The van der Waals surface area contributed by atoms with Crippen molar-refractivity contribution >= 4 is 22.8 Å². The second-order valence-corrected chi connectivity index (χ2v) is 10.8. The van der Waals surface area contributed by atoms with Gasteiger partial charge in [0, 0.05) is 37.3 Å². The number of H-pyrrole nitrogens is 2. The van der Waals surface area contributed by atoms with Crippen LogP contribution in [-0.2, 0) is 19.5 Å². The number of nitrogens with zero attached hydrogens (tertiary/aromatic N) is 3. The molecule has 42 heavy (non-hydrogen) atoms. The number of imidazole rings is 1. The van der Waals surface area contributed by atoms with Gasteiger partial charge in [0.25, 0.3) is 11.5 Å². The van der Waals surface area contributed by atoms with Crippen LogP contribution in [0.4, 0.5) is 10.1 Å². The number of anilines is 1. The van der Waals surface area contributed by atoms with Crippen LogP contribution >= 0.6 is 0 Å². The van der Waals surface area contributed by atoms with Crippen molar-refractivity contribution in [1.29, 1.82) is 0 Å². The first-order chi connectivity index (χ1) is 20.3. The molecule has 2 heterocycles. The molecule has 4 N–H and O–H groups in total. The number of benzene rings is 3. The maximum absolute atomic E-state index is 14.8. The fraction of sp³-hybridized carbons (Fsp3) is 0.250. The minimum atomic E-state index is -0.541. The Labute approximate surface area is 240 Å². The summed E-state index contributed by atoms with van der Waals surface area (Å²) in [5.74, 6) is -0.135. The van der Waals surface area contributed by atoms with Crippen LogP contribution in [0.2, 0.25) is 0 Å². The van der Waals surface area contributed by atoms with Gasteiger partial charge < -0.3 is 15.6 Å². The van der Waals surface area contributed by atoms with E-state index in [4.69, 9.17) is 10.7 Å². The molecular weight excluding hydrogens is 535 g/mol. The second kappa shape index (κ2) is 11.2. The van der Waals surface area contributed by atoms with E-state index in [0.29, 0.717) is 47.3 Å². The molecule has 0 saturated heterocycles. The second-order valence-electron chi connectivity index (χ2n) is 10.8. The van der Waals surface area contributed by atoms with E-state index >= 15 is 0 Å². The Bertz CT molecular complexity index is 1870. The molecule has 3 aromatic carbocycles. The molecule has 2 aromatic heterocycles. The number of halogens is 1. The number of rotatable bonds is 9. The van der Waals surface area contributed by atoms with Crippen molar-refractivity contribution in [1.82, 2.24) is 19.5 Å². The Balaban J connectivity index is 1.37. The van der Waals surface area contributed by atoms with Gasteiger partial charge in [-0.05, 0) is 72.2 Å². The highest BCUT2D eigenvalue weighted by atomic mass is 19.1. The maximum Gasteiger partial charge on any atom is 0.330 e. The molecule has 0 aliphatic heterocycles. The van der Waals surface area contributed by atoms with Crippen molar-refractivity contribution in [3.63, 3.8) is 0 Å². The molecule has 6 rings (SSSR count). The SMILES string of the molecule is CN(C(=O)c1ccc(CN)cc1)c1ccc(C(Cc2ccccc2F)c2nc3c([nH]2)c(=O)[nH]c(=O)n3CC2CC2)cc1. The number of hydrogen-bond acceptors (Lipinski definition) is 5. The van der Waals surface area contributed by atoms with Gasteiger partial charge in [0.15, 0.2) is 5.65 Å². The average molecular weight is 567 g/mol. The van der Waals surface area contributed by atoms with Gasteiger partial charge in [0.1, 0.15) is 17.2 Å². The van der Waals surface area contributed by atoms with E-state index in [0.717, 1.165) is 24.0 Å². The number of fused-ring (bicyclic) bond motifs is 1. The lowest BCUT2D eigenvalue weighted by Gasteiger charge is -2.20. The minimum Gasteiger partial charge on any atom is -0.336 e. The van der Waals surface area contributed by atoms with Gasteiger partial charge in [-0.2, -0.15) is 0 Å². The molecule has 0 spiro atoms. The summed E-state index contributed by atoms with van der Waals surface area (Å²) in [6.45, 7) is 0.885. The summed E-state index contributed by atoms with van der Waals surface area (Å²) in [6.07, 6.45) is 2.32. The third-order valence-electron chi connectivity index (χ3n) is 7.92. The lowest BCUT2D eigenvalue weighted by Crippen LogP contribution is -2.30. The molecule has 1 amide bonds. The third-order valence-corrected chi connectivity index (χ3v) is 7.92.